The van der Waals surface area contributed by atoms with Crippen molar-refractivity contribution in [3.8, 4) is 0 Å². The van der Waals surface area contributed by atoms with Gasteiger partial charge in [-0.1, -0.05) is 19.9 Å². The summed E-state index contributed by atoms with van der Waals surface area (Å²) in [6.07, 6.45) is 0. The predicted octanol–water partition coefficient (Wildman–Crippen LogP) is 2.22. The Labute approximate surface area is 99.8 Å². The molecule has 0 radical (unpaired) electrons. The molecule has 1 fully saturated rings. The lowest BCUT2D eigenvalue weighted by Crippen LogP contribution is -2.59. The van der Waals surface area contributed by atoms with Crippen LogP contribution >= 0.6 is 0 Å². The average molecular weight is 241 g/mol. The van der Waals surface area contributed by atoms with E-state index in [0.29, 0.717) is 19.8 Å². The van der Waals surface area contributed by atoms with E-state index < -0.39 is 11.6 Å². The molecule has 2 nitrogen and oxygen atoms in total. The highest BCUT2D eigenvalue weighted by molar-refractivity contribution is 5.32. The largest absolute Gasteiger partial charge is 0.379 e. The second-order valence-corrected chi connectivity index (χ2v) is 5.29. The highest BCUT2D eigenvalue weighted by atomic mass is 19.2. The van der Waals surface area contributed by atoms with E-state index in [1.54, 1.807) is 6.07 Å². The van der Waals surface area contributed by atoms with Crippen LogP contribution in [0.25, 0.3) is 0 Å². The van der Waals surface area contributed by atoms with E-state index in [1.165, 1.54) is 6.07 Å². The molecule has 1 aromatic rings. The van der Waals surface area contributed by atoms with Gasteiger partial charge in [0.2, 0.25) is 0 Å². The van der Waals surface area contributed by atoms with Gasteiger partial charge in [0.25, 0.3) is 0 Å². The van der Waals surface area contributed by atoms with Gasteiger partial charge in [-0.25, -0.2) is 8.78 Å². The van der Waals surface area contributed by atoms with Crippen molar-refractivity contribution in [1.29, 1.82) is 0 Å². The van der Waals surface area contributed by atoms with Crippen molar-refractivity contribution in [2.45, 2.75) is 19.3 Å². The van der Waals surface area contributed by atoms with Gasteiger partial charge in [-0.3, -0.25) is 0 Å². The Bertz CT molecular complexity index is 427. The zero-order valence-corrected chi connectivity index (χ0v) is 10.1. The maximum absolute atomic E-state index is 13.3. The molecule has 1 saturated heterocycles. The van der Waals surface area contributed by atoms with Gasteiger partial charge in [-0.2, -0.15) is 0 Å². The Balaban J connectivity index is 2.45. The van der Waals surface area contributed by atoms with Gasteiger partial charge in [-0.05, 0) is 29.7 Å². The summed E-state index contributed by atoms with van der Waals surface area (Å²) in [6, 6.07) is 4.05. The molecule has 2 N–H and O–H groups in total. The third kappa shape index (κ3) is 1.76. The van der Waals surface area contributed by atoms with Gasteiger partial charge in [0.1, 0.15) is 0 Å². The molecule has 0 saturated carbocycles. The number of nitrogens with two attached hydrogens (primary N) is 1. The van der Waals surface area contributed by atoms with Crippen LogP contribution in [0, 0.1) is 17.0 Å². The second kappa shape index (κ2) is 4.03. The van der Waals surface area contributed by atoms with E-state index in [4.69, 9.17) is 10.5 Å². The molecule has 1 aliphatic heterocycles. The predicted molar refractivity (Wildman–Crippen MR) is 61.7 cm³/mol. The van der Waals surface area contributed by atoms with Crippen LogP contribution in [0.3, 0.4) is 0 Å². The molecule has 1 aromatic carbocycles. The molecule has 0 aliphatic carbocycles. The first-order valence-corrected chi connectivity index (χ1v) is 5.66. The van der Waals surface area contributed by atoms with Gasteiger partial charge >= 0.3 is 0 Å². The summed E-state index contributed by atoms with van der Waals surface area (Å²) in [5.41, 5.74) is 6.02. The standard InChI is InChI=1S/C13H17F2NO/c1-12(2,6-16)13(7-17-8-13)9-3-4-10(14)11(15)5-9/h3-5H,6-8,16H2,1-2H3. The molecule has 1 heterocycles. The Kier molecular flexibility index (Phi) is 2.96. The molecule has 17 heavy (non-hydrogen) atoms. The quantitative estimate of drug-likeness (QED) is 0.880. The summed E-state index contributed by atoms with van der Waals surface area (Å²) in [4.78, 5) is 0. The van der Waals surface area contributed by atoms with Crippen LogP contribution in [0.1, 0.15) is 19.4 Å². The van der Waals surface area contributed by atoms with Gasteiger partial charge in [0, 0.05) is 5.41 Å². The minimum absolute atomic E-state index is 0.213. The third-order valence-electron chi connectivity index (χ3n) is 3.97. The number of ether oxygens (including phenoxy) is 1. The van der Waals surface area contributed by atoms with Gasteiger partial charge in [0.15, 0.2) is 11.6 Å². The van der Waals surface area contributed by atoms with E-state index in [9.17, 15) is 8.78 Å². The molecule has 0 aromatic heterocycles. The summed E-state index contributed by atoms with van der Waals surface area (Å²) >= 11 is 0. The Morgan fingerprint density at radius 1 is 1.29 bits per heavy atom. The molecule has 4 heteroatoms. The van der Waals surface area contributed by atoms with Crippen molar-refractivity contribution in [1.82, 2.24) is 0 Å². The zero-order valence-electron chi connectivity index (χ0n) is 10.1. The topological polar surface area (TPSA) is 35.2 Å². The van der Waals surface area contributed by atoms with Crippen molar-refractivity contribution in [3.63, 3.8) is 0 Å². The minimum atomic E-state index is -0.824. The molecule has 0 atom stereocenters. The third-order valence-corrected chi connectivity index (χ3v) is 3.97. The number of hydrogen-bond donors (Lipinski definition) is 1. The molecular formula is C13H17F2NO. The van der Waals surface area contributed by atoms with E-state index in [0.717, 1.165) is 11.6 Å². The summed E-state index contributed by atoms with van der Waals surface area (Å²) < 4.78 is 31.6. The molecule has 94 valence electrons. The SMILES string of the molecule is CC(C)(CN)C1(c2ccc(F)c(F)c2)COC1. The van der Waals surface area contributed by atoms with Crippen LogP contribution in [0.2, 0.25) is 0 Å². The van der Waals surface area contributed by atoms with Crippen molar-refractivity contribution in [2.24, 2.45) is 11.1 Å². The van der Waals surface area contributed by atoms with Crippen LogP contribution < -0.4 is 5.73 Å². The molecule has 0 spiro atoms. The zero-order chi connectivity index (χ0) is 12.7. The van der Waals surface area contributed by atoms with Crippen LogP contribution in [0.4, 0.5) is 8.78 Å². The molecule has 0 unspecified atom stereocenters. The Morgan fingerprint density at radius 2 is 1.94 bits per heavy atom. The fourth-order valence-corrected chi connectivity index (χ4v) is 2.24. The lowest BCUT2D eigenvalue weighted by atomic mass is 9.60. The first kappa shape index (κ1) is 12.5. The fourth-order valence-electron chi connectivity index (χ4n) is 2.24. The molecule has 1 aliphatic rings. The maximum atomic E-state index is 13.3. The highest BCUT2D eigenvalue weighted by Gasteiger charge is 2.51. The van der Waals surface area contributed by atoms with E-state index >= 15 is 0 Å². The highest BCUT2D eigenvalue weighted by Crippen LogP contribution is 2.46. The summed E-state index contributed by atoms with van der Waals surface area (Å²) in [5.74, 6) is -1.64. The summed E-state index contributed by atoms with van der Waals surface area (Å²) in [7, 11) is 0. The number of benzene rings is 1. The van der Waals surface area contributed by atoms with Crippen molar-refractivity contribution >= 4 is 0 Å². The molecular weight excluding hydrogens is 224 g/mol. The minimum Gasteiger partial charge on any atom is -0.379 e. The van der Waals surface area contributed by atoms with Crippen LogP contribution in [0.5, 0.6) is 0 Å². The van der Waals surface area contributed by atoms with Crippen molar-refractivity contribution < 1.29 is 13.5 Å². The Hall–Kier alpha value is -1.00. The van der Waals surface area contributed by atoms with Gasteiger partial charge < -0.3 is 10.5 Å². The first-order valence-electron chi connectivity index (χ1n) is 5.66. The van der Waals surface area contributed by atoms with Gasteiger partial charge in [-0.15, -0.1) is 0 Å². The van der Waals surface area contributed by atoms with Crippen molar-refractivity contribution in [3.05, 3.63) is 35.4 Å². The summed E-state index contributed by atoms with van der Waals surface area (Å²) in [5, 5.41) is 0. The van der Waals surface area contributed by atoms with Crippen LogP contribution in [-0.2, 0) is 10.2 Å². The van der Waals surface area contributed by atoms with Crippen LogP contribution in [-0.4, -0.2) is 19.8 Å². The fraction of sp³-hybridized carbons (Fsp3) is 0.538. The average Bonchev–Trinajstić information content (AvgIpc) is 2.21. The monoisotopic (exact) mass is 241 g/mol. The van der Waals surface area contributed by atoms with E-state index in [-0.39, 0.29) is 10.8 Å². The van der Waals surface area contributed by atoms with Crippen LogP contribution in [0.15, 0.2) is 18.2 Å². The first-order chi connectivity index (χ1) is 7.93. The Morgan fingerprint density at radius 3 is 2.35 bits per heavy atom. The normalized spacial score (nSPS) is 18.9. The summed E-state index contributed by atoms with van der Waals surface area (Å²) in [6.45, 7) is 5.52. The second-order valence-electron chi connectivity index (χ2n) is 5.29. The smallest absolute Gasteiger partial charge is 0.159 e. The van der Waals surface area contributed by atoms with Gasteiger partial charge in [0.05, 0.1) is 13.2 Å². The number of hydrogen-bond acceptors (Lipinski definition) is 2. The van der Waals surface area contributed by atoms with E-state index in [2.05, 4.69) is 0 Å². The van der Waals surface area contributed by atoms with E-state index in [1.807, 2.05) is 13.8 Å². The molecule has 2 rings (SSSR count). The van der Waals surface area contributed by atoms with Crippen molar-refractivity contribution in [2.75, 3.05) is 19.8 Å². The number of halogens is 2. The maximum Gasteiger partial charge on any atom is 0.159 e. The molecule has 0 bridgehead atoms. The lowest BCUT2D eigenvalue weighted by Gasteiger charge is -2.52. The number of rotatable bonds is 3. The molecule has 0 amide bonds. The lowest BCUT2D eigenvalue weighted by molar-refractivity contribution is -0.116.